The first-order valence-corrected chi connectivity index (χ1v) is 7.58. The molecule has 0 spiro atoms. The normalized spacial score (nSPS) is 27.9. The van der Waals surface area contributed by atoms with E-state index in [-0.39, 0.29) is 35.7 Å². The summed E-state index contributed by atoms with van der Waals surface area (Å²) in [6, 6.07) is -0.312. The molecule has 2 heterocycles. The smallest absolute Gasteiger partial charge is 0.243 e. The lowest BCUT2D eigenvalue weighted by atomic mass is 9.79. The second-order valence-electron chi connectivity index (χ2n) is 7.04. The molecule has 2 amide bonds. The van der Waals surface area contributed by atoms with Gasteiger partial charge in [0.05, 0.1) is 6.54 Å². The van der Waals surface area contributed by atoms with Gasteiger partial charge < -0.3 is 15.1 Å². The monoisotopic (exact) mass is 281 g/mol. The SMILES string of the molecule is CC(C)C1C(=O)NCC(=O)N1CC1(C)CCN(C)CC1. The van der Waals surface area contributed by atoms with E-state index in [1.165, 1.54) is 0 Å². The van der Waals surface area contributed by atoms with E-state index in [4.69, 9.17) is 0 Å². The van der Waals surface area contributed by atoms with E-state index in [2.05, 4.69) is 24.2 Å². The Morgan fingerprint density at radius 1 is 1.30 bits per heavy atom. The van der Waals surface area contributed by atoms with E-state index in [1.54, 1.807) is 0 Å². The molecule has 5 heteroatoms. The highest BCUT2D eigenvalue weighted by molar-refractivity contribution is 5.95. The van der Waals surface area contributed by atoms with Gasteiger partial charge in [-0.2, -0.15) is 0 Å². The molecule has 0 aromatic heterocycles. The Labute approximate surface area is 121 Å². The zero-order valence-corrected chi connectivity index (χ0v) is 13.1. The molecular formula is C15H27N3O2. The summed E-state index contributed by atoms with van der Waals surface area (Å²) in [4.78, 5) is 28.5. The highest BCUT2D eigenvalue weighted by atomic mass is 16.2. The average Bonchev–Trinajstić information content (AvgIpc) is 2.37. The lowest BCUT2D eigenvalue weighted by Gasteiger charge is -2.45. The summed E-state index contributed by atoms with van der Waals surface area (Å²) >= 11 is 0. The minimum absolute atomic E-state index is 0.00359. The van der Waals surface area contributed by atoms with E-state index in [0.29, 0.717) is 6.54 Å². The van der Waals surface area contributed by atoms with Crippen molar-refractivity contribution in [2.75, 3.05) is 33.2 Å². The zero-order valence-electron chi connectivity index (χ0n) is 13.1. The molecule has 1 unspecified atom stereocenters. The first-order valence-electron chi connectivity index (χ1n) is 7.58. The van der Waals surface area contributed by atoms with Crippen molar-refractivity contribution in [2.24, 2.45) is 11.3 Å². The topological polar surface area (TPSA) is 52.7 Å². The molecule has 0 aliphatic carbocycles. The predicted molar refractivity (Wildman–Crippen MR) is 78.2 cm³/mol. The lowest BCUT2D eigenvalue weighted by Crippen LogP contribution is -2.62. The molecule has 2 aliphatic rings. The summed E-state index contributed by atoms with van der Waals surface area (Å²) in [7, 11) is 2.13. The third kappa shape index (κ3) is 3.14. The number of amides is 2. The van der Waals surface area contributed by atoms with Crippen molar-refractivity contribution in [3.63, 3.8) is 0 Å². The number of likely N-dealkylation sites (tertiary alicyclic amines) is 1. The van der Waals surface area contributed by atoms with Gasteiger partial charge in [-0.15, -0.1) is 0 Å². The quantitative estimate of drug-likeness (QED) is 0.828. The molecule has 0 aromatic carbocycles. The van der Waals surface area contributed by atoms with Crippen molar-refractivity contribution in [2.45, 2.75) is 39.7 Å². The number of carbonyl (C=O) groups excluding carboxylic acids is 2. The highest BCUT2D eigenvalue weighted by Crippen LogP contribution is 2.33. The van der Waals surface area contributed by atoms with Crippen LogP contribution < -0.4 is 5.32 Å². The number of piperazine rings is 1. The van der Waals surface area contributed by atoms with Crippen LogP contribution >= 0.6 is 0 Å². The van der Waals surface area contributed by atoms with Crippen LogP contribution in [0.4, 0.5) is 0 Å². The van der Waals surface area contributed by atoms with E-state index >= 15 is 0 Å². The van der Waals surface area contributed by atoms with Crippen LogP contribution in [0.15, 0.2) is 0 Å². The third-order valence-electron chi connectivity index (χ3n) is 4.72. The minimum Gasteiger partial charge on any atom is -0.345 e. The van der Waals surface area contributed by atoms with Gasteiger partial charge in [0.2, 0.25) is 11.8 Å². The summed E-state index contributed by atoms with van der Waals surface area (Å²) in [5.41, 5.74) is 0.132. The fraction of sp³-hybridized carbons (Fsp3) is 0.867. The van der Waals surface area contributed by atoms with Crippen molar-refractivity contribution in [3.8, 4) is 0 Å². The minimum atomic E-state index is -0.312. The molecule has 0 radical (unpaired) electrons. The van der Waals surface area contributed by atoms with Crippen LogP contribution in [0.3, 0.4) is 0 Å². The van der Waals surface area contributed by atoms with Crippen molar-refractivity contribution < 1.29 is 9.59 Å². The molecule has 0 saturated carbocycles. The van der Waals surface area contributed by atoms with E-state index in [0.717, 1.165) is 25.9 Å². The number of hydrogen-bond donors (Lipinski definition) is 1. The standard InChI is InChI=1S/C15H27N3O2/c1-11(2)13-14(20)16-9-12(19)18(13)10-15(3)5-7-17(4)8-6-15/h11,13H,5-10H2,1-4H3,(H,16,20). The first kappa shape index (κ1) is 15.3. The van der Waals surface area contributed by atoms with Crippen LogP contribution in [0.5, 0.6) is 0 Å². The van der Waals surface area contributed by atoms with E-state index < -0.39 is 0 Å². The summed E-state index contributed by atoms with van der Waals surface area (Å²) in [6.07, 6.45) is 2.17. The summed E-state index contributed by atoms with van der Waals surface area (Å²) in [5.74, 6) is 0.202. The largest absolute Gasteiger partial charge is 0.345 e. The zero-order chi connectivity index (χ0) is 14.9. The Bertz CT molecular complexity index is 387. The highest BCUT2D eigenvalue weighted by Gasteiger charge is 2.41. The maximum absolute atomic E-state index is 12.2. The van der Waals surface area contributed by atoms with E-state index in [1.807, 2.05) is 18.7 Å². The number of nitrogens with one attached hydrogen (secondary N) is 1. The molecule has 0 bridgehead atoms. The Hall–Kier alpha value is -1.10. The summed E-state index contributed by atoms with van der Waals surface area (Å²) < 4.78 is 0. The number of piperidine rings is 1. The van der Waals surface area contributed by atoms with Gasteiger partial charge >= 0.3 is 0 Å². The van der Waals surface area contributed by atoms with E-state index in [9.17, 15) is 9.59 Å². The van der Waals surface area contributed by atoms with Crippen molar-refractivity contribution in [3.05, 3.63) is 0 Å². The van der Waals surface area contributed by atoms with Gasteiger partial charge in [-0.1, -0.05) is 20.8 Å². The molecule has 2 saturated heterocycles. The Morgan fingerprint density at radius 3 is 2.45 bits per heavy atom. The molecule has 114 valence electrons. The van der Waals surface area contributed by atoms with Crippen LogP contribution in [0.25, 0.3) is 0 Å². The fourth-order valence-electron chi connectivity index (χ4n) is 3.24. The van der Waals surface area contributed by atoms with Crippen LogP contribution in [0.2, 0.25) is 0 Å². The molecule has 1 atom stereocenters. The third-order valence-corrected chi connectivity index (χ3v) is 4.72. The average molecular weight is 281 g/mol. The maximum atomic E-state index is 12.2. The number of carbonyl (C=O) groups is 2. The van der Waals surface area contributed by atoms with Gasteiger partial charge in [-0.05, 0) is 44.3 Å². The second kappa shape index (κ2) is 5.72. The Morgan fingerprint density at radius 2 is 1.90 bits per heavy atom. The molecule has 2 rings (SSSR count). The van der Waals surface area contributed by atoms with Crippen molar-refractivity contribution >= 4 is 11.8 Å². The van der Waals surface area contributed by atoms with Gasteiger partial charge in [0.15, 0.2) is 0 Å². The number of nitrogens with zero attached hydrogens (tertiary/aromatic N) is 2. The Balaban J connectivity index is 2.11. The Kier molecular flexibility index (Phi) is 4.37. The number of rotatable bonds is 3. The summed E-state index contributed by atoms with van der Waals surface area (Å²) in [5, 5.41) is 2.71. The van der Waals surface area contributed by atoms with Crippen LogP contribution in [-0.4, -0.2) is 60.9 Å². The van der Waals surface area contributed by atoms with Gasteiger partial charge in [-0.25, -0.2) is 0 Å². The van der Waals surface area contributed by atoms with Crippen molar-refractivity contribution in [1.29, 1.82) is 0 Å². The molecule has 2 aliphatic heterocycles. The van der Waals surface area contributed by atoms with Gasteiger partial charge in [0.25, 0.3) is 0 Å². The van der Waals surface area contributed by atoms with Gasteiger partial charge in [0.1, 0.15) is 6.04 Å². The van der Waals surface area contributed by atoms with Crippen molar-refractivity contribution in [1.82, 2.24) is 15.1 Å². The second-order valence-corrected chi connectivity index (χ2v) is 7.04. The predicted octanol–water partition coefficient (Wildman–Crippen LogP) is 0.701. The van der Waals surface area contributed by atoms with Crippen LogP contribution in [0, 0.1) is 11.3 Å². The van der Waals surface area contributed by atoms with Crippen LogP contribution in [0.1, 0.15) is 33.6 Å². The van der Waals surface area contributed by atoms with Gasteiger partial charge in [-0.3, -0.25) is 9.59 Å². The summed E-state index contributed by atoms with van der Waals surface area (Å²) in [6.45, 7) is 9.25. The molecule has 20 heavy (non-hydrogen) atoms. The molecule has 1 N–H and O–H groups in total. The van der Waals surface area contributed by atoms with Gasteiger partial charge in [0, 0.05) is 6.54 Å². The molecular weight excluding hydrogens is 254 g/mol. The fourth-order valence-corrected chi connectivity index (χ4v) is 3.24. The molecule has 2 fully saturated rings. The molecule has 5 nitrogen and oxygen atoms in total. The molecule has 0 aromatic rings. The number of hydrogen-bond acceptors (Lipinski definition) is 3. The maximum Gasteiger partial charge on any atom is 0.243 e. The van der Waals surface area contributed by atoms with Crippen LogP contribution in [-0.2, 0) is 9.59 Å². The first-order chi connectivity index (χ1) is 9.32. The lowest BCUT2D eigenvalue weighted by molar-refractivity contribution is -0.149.